The number of benzene rings is 2. The Morgan fingerprint density at radius 3 is 2.38 bits per heavy atom. The summed E-state index contributed by atoms with van der Waals surface area (Å²) in [6.45, 7) is 0.416. The third-order valence-corrected chi connectivity index (χ3v) is 4.09. The molecule has 1 unspecified atom stereocenters. The quantitative estimate of drug-likeness (QED) is 0.634. The zero-order valence-electron chi connectivity index (χ0n) is 14.8. The molecule has 3 N–H and O–H groups in total. The SMILES string of the molecule is COc1ccccc1NC(=O)C(=O)NCCC(CCO)c1ccccc1. The highest BCUT2D eigenvalue weighted by Gasteiger charge is 2.16. The van der Waals surface area contributed by atoms with E-state index >= 15 is 0 Å². The van der Waals surface area contributed by atoms with Gasteiger partial charge >= 0.3 is 11.8 Å². The Bertz CT molecular complexity index is 719. The van der Waals surface area contributed by atoms with Crippen LogP contribution in [0.3, 0.4) is 0 Å². The number of amides is 2. The lowest BCUT2D eigenvalue weighted by Crippen LogP contribution is -2.36. The summed E-state index contributed by atoms with van der Waals surface area (Å²) in [6, 6.07) is 16.7. The molecule has 0 aliphatic carbocycles. The van der Waals surface area contributed by atoms with Crippen LogP contribution in [0.1, 0.15) is 24.3 Å². The molecular weight excluding hydrogens is 332 g/mol. The van der Waals surface area contributed by atoms with Crippen molar-refractivity contribution in [2.45, 2.75) is 18.8 Å². The van der Waals surface area contributed by atoms with Crippen molar-refractivity contribution in [2.24, 2.45) is 0 Å². The largest absolute Gasteiger partial charge is 0.495 e. The van der Waals surface area contributed by atoms with E-state index in [1.165, 1.54) is 7.11 Å². The van der Waals surface area contributed by atoms with E-state index in [1.54, 1.807) is 24.3 Å². The summed E-state index contributed by atoms with van der Waals surface area (Å²) in [5.41, 5.74) is 1.55. The van der Waals surface area contributed by atoms with Crippen molar-refractivity contribution in [3.8, 4) is 5.75 Å². The van der Waals surface area contributed by atoms with E-state index in [4.69, 9.17) is 4.74 Å². The highest BCUT2D eigenvalue weighted by atomic mass is 16.5. The maximum atomic E-state index is 12.0. The first kappa shape index (κ1) is 19.5. The maximum Gasteiger partial charge on any atom is 0.313 e. The van der Waals surface area contributed by atoms with Crippen molar-refractivity contribution in [3.05, 3.63) is 60.2 Å². The number of aliphatic hydroxyl groups is 1. The number of nitrogens with one attached hydrogen (secondary N) is 2. The number of hydrogen-bond donors (Lipinski definition) is 3. The van der Waals surface area contributed by atoms with Crippen LogP contribution in [0.2, 0.25) is 0 Å². The predicted molar refractivity (Wildman–Crippen MR) is 100 cm³/mol. The number of carbonyl (C=O) groups excluding carboxylic acids is 2. The molecule has 6 heteroatoms. The Kier molecular flexibility index (Phi) is 7.64. The Balaban J connectivity index is 1.86. The van der Waals surface area contributed by atoms with Gasteiger partial charge in [0.2, 0.25) is 0 Å². The van der Waals surface area contributed by atoms with Gasteiger partial charge in [-0.05, 0) is 36.5 Å². The fraction of sp³-hybridized carbons (Fsp3) is 0.300. The van der Waals surface area contributed by atoms with Gasteiger partial charge in [-0.1, -0.05) is 42.5 Å². The molecule has 0 saturated carbocycles. The second kappa shape index (κ2) is 10.2. The smallest absolute Gasteiger partial charge is 0.313 e. The lowest BCUT2D eigenvalue weighted by molar-refractivity contribution is -0.136. The fourth-order valence-electron chi connectivity index (χ4n) is 2.73. The van der Waals surface area contributed by atoms with Gasteiger partial charge in [-0.25, -0.2) is 0 Å². The highest BCUT2D eigenvalue weighted by Crippen LogP contribution is 2.23. The van der Waals surface area contributed by atoms with Crippen molar-refractivity contribution in [3.63, 3.8) is 0 Å². The second-order valence-corrected chi connectivity index (χ2v) is 5.82. The zero-order valence-corrected chi connectivity index (χ0v) is 14.8. The Morgan fingerprint density at radius 2 is 1.69 bits per heavy atom. The van der Waals surface area contributed by atoms with E-state index in [-0.39, 0.29) is 12.5 Å². The minimum Gasteiger partial charge on any atom is -0.495 e. The standard InChI is InChI=1S/C20H24N2O4/c1-26-18-10-6-5-9-17(18)22-20(25)19(24)21-13-11-16(12-14-23)15-7-3-2-4-8-15/h2-10,16,23H,11-14H2,1H3,(H,21,24)(H,22,25). The first-order valence-electron chi connectivity index (χ1n) is 8.53. The molecule has 2 rings (SSSR count). The third kappa shape index (κ3) is 5.60. The molecule has 2 aromatic rings. The van der Waals surface area contributed by atoms with Gasteiger partial charge in [0, 0.05) is 13.2 Å². The number of para-hydroxylation sites is 2. The highest BCUT2D eigenvalue weighted by molar-refractivity contribution is 6.39. The van der Waals surface area contributed by atoms with Gasteiger partial charge in [-0.2, -0.15) is 0 Å². The Labute approximate surface area is 153 Å². The summed E-state index contributed by atoms with van der Waals surface area (Å²) in [4.78, 5) is 24.0. The van der Waals surface area contributed by atoms with Gasteiger partial charge in [0.1, 0.15) is 5.75 Å². The molecule has 0 aromatic heterocycles. The number of aliphatic hydroxyl groups excluding tert-OH is 1. The van der Waals surface area contributed by atoms with Crippen LogP contribution in [0.5, 0.6) is 5.75 Å². The summed E-state index contributed by atoms with van der Waals surface area (Å²) in [5.74, 6) is -0.834. The predicted octanol–water partition coefficient (Wildman–Crippen LogP) is 2.31. The van der Waals surface area contributed by atoms with Gasteiger partial charge < -0.3 is 20.5 Å². The lowest BCUT2D eigenvalue weighted by atomic mass is 9.93. The topological polar surface area (TPSA) is 87.7 Å². The first-order chi connectivity index (χ1) is 12.7. The molecule has 1 atom stereocenters. The molecule has 0 bridgehead atoms. The van der Waals surface area contributed by atoms with E-state index < -0.39 is 11.8 Å². The summed E-state index contributed by atoms with van der Waals surface area (Å²) in [6.07, 6.45) is 1.24. The van der Waals surface area contributed by atoms with Crippen LogP contribution in [0.25, 0.3) is 0 Å². The number of anilines is 1. The number of carbonyl (C=O) groups is 2. The molecule has 0 fully saturated rings. The second-order valence-electron chi connectivity index (χ2n) is 5.82. The molecule has 6 nitrogen and oxygen atoms in total. The van der Waals surface area contributed by atoms with E-state index in [0.29, 0.717) is 30.8 Å². The average molecular weight is 356 g/mol. The van der Waals surface area contributed by atoms with Gasteiger partial charge in [-0.15, -0.1) is 0 Å². The molecule has 26 heavy (non-hydrogen) atoms. The molecule has 0 saturated heterocycles. The van der Waals surface area contributed by atoms with Crippen LogP contribution in [0.4, 0.5) is 5.69 Å². The monoisotopic (exact) mass is 356 g/mol. The molecule has 0 heterocycles. The normalized spacial score (nSPS) is 11.5. The van der Waals surface area contributed by atoms with E-state index in [1.807, 2.05) is 30.3 Å². The molecular formula is C20H24N2O4. The molecule has 2 amide bonds. The minimum atomic E-state index is -0.743. The molecule has 0 radical (unpaired) electrons. The number of ether oxygens (including phenoxy) is 1. The maximum absolute atomic E-state index is 12.0. The molecule has 138 valence electrons. The summed E-state index contributed by atoms with van der Waals surface area (Å²) < 4.78 is 5.14. The lowest BCUT2D eigenvalue weighted by Gasteiger charge is -2.16. The first-order valence-corrected chi connectivity index (χ1v) is 8.53. The number of hydrogen-bond acceptors (Lipinski definition) is 4. The van der Waals surface area contributed by atoms with Gasteiger partial charge in [0.25, 0.3) is 0 Å². The summed E-state index contributed by atoms with van der Waals surface area (Å²) in [5, 5.41) is 14.4. The van der Waals surface area contributed by atoms with Crippen LogP contribution in [-0.2, 0) is 9.59 Å². The molecule has 2 aromatic carbocycles. The van der Waals surface area contributed by atoms with Gasteiger partial charge in [0.15, 0.2) is 0 Å². The molecule has 0 aliphatic rings. The van der Waals surface area contributed by atoms with Crippen molar-refractivity contribution < 1.29 is 19.4 Å². The molecule has 0 aliphatic heterocycles. The van der Waals surface area contributed by atoms with Crippen LogP contribution in [-0.4, -0.2) is 37.2 Å². The van der Waals surface area contributed by atoms with Crippen LogP contribution in [0.15, 0.2) is 54.6 Å². The van der Waals surface area contributed by atoms with Gasteiger partial charge in [0.05, 0.1) is 12.8 Å². The Hall–Kier alpha value is -2.86. The summed E-state index contributed by atoms with van der Waals surface area (Å²) in [7, 11) is 1.50. The third-order valence-electron chi connectivity index (χ3n) is 4.09. The number of rotatable bonds is 8. The fourth-order valence-corrected chi connectivity index (χ4v) is 2.73. The minimum absolute atomic E-state index is 0.0712. The van der Waals surface area contributed by atoms with Crippen molar-refractivity contribution in [1.29, 1.82) is 0 Å². The Morgan fingerprint density at radius 1 is 1.00 bits per heavy atom. The van der Waals surface area contributed by atoms with Crippen molar-refractivity contribution in [2.75, 3.05) is 25.6 Å². The number of methoxy groups -OCH3 is 1. The van der Waals surface area contributed by atoms with Gasteiger partial charge in [-0.3, -0.25) is 9.59 Å². The summed E-state index contributed by atoms with van der Waals surface area (Å²) >= 11 is 0. The van der Waals surface area contributed by atoms with Crippen molar-refractivity contribution >= 4 is 17.5 Å². The average Bonchev–Trinajstić information content (AvgIpc) is 2.68. The van der Waals surface area contributed by atoms with E-state index in [2.05, 4.69) is 10.6 Å². The van der Waals surface area contributed by atoms with Crippen LogP contribution < -0.4 is 15.4 Å². The van der Waals surface area contributed by atoms with E-state index in [9.17, 15) is 14.7 Å². The van der Waals surface area contributed by atoms with Crippen LogP contribution in [0, 0.1) is 0 Å². The zero-order chi connectivity index (χ0) is 18.8. The van der Waals surface area contributed by atoms with E-state index in [0.717, 1.165) is 5.56 Å². The van der Waals surface area contributed by atoms with Crippen molar-refractivity contribution in [1.82, 2.24) is 5.32 Å². The molecule has 0 spiro atoms. The van der Waals surface area contributed by atoms with Crippen LogP contribution >= 0.6 is 0 Å².